The maximum absolute atomic E-state index is 13.6. The molecule has 2 amide bonds. The molecule has 2 aromatic rings. The Kier molecular flexibility index (Phi) is 6.99. The molecule has 32 heavy (non-hydrogen) atoms. The third kappa shape index (κ3) is 4.91. The van der Waals surface area contributed by atoms with E-state index in [0.29, 0.717) is 29.7 Å². The van der Waals surface area contributed by atoms with Gasteiger partial charge in [-0.1, -0.05) is 49.4 Å². The molecule has 1 N–H and O–H groups in total. The van der Waals surface area contributed by atoms with Gasteiger partial charge in [0.15, 0.2) is 5.17 Å². The molecule has 0 fully saturated rings. The molecule has 2 aliphatic rings. The molecule has 4 rings (SSSR count). The third-order valence-corrected chi connectivity index (χ3v) is 6.31. The summed E-state index contributed by atoms with van der Waals surface area (Å²) in [6.07, 6.45) is 2.54. The summed E-state index contributed by atoms with van der Waals surface area (Å²) in [5.74, 6) is 0.502. The number of unbranched alkanes of at least 4 members (excludes halogenated alkanes) is 1. The second-order valence-electron chi connectivity index (χ2n) is 7.71. The number of carbonyl (C=O) groups is 2. The standard InChI is InChI=1S/C24H25FN4O2S/c1-2-3-13-26-21(30)12-11-20-23(31)29-22(27-20)18-9-4-5-10-19(18)28-24(29)32-15-16-7-6-8-17(25)14-16/h4-10,14,20H,2-3,11-13,15H2,1H3,(H,26,30)/t20-/m0/s1. The van der Waals surface area contributed by atoms with E-state index in [1.165, 1.54) is 23.9 Å². The van der Waals surface area contributed by atoms with E-state index in [9.17, 15) is 14.0 Å². The van der Waals surface area contributed by atoms with Crippen molar-refractivity contribution in [2.45, 2.75) is 44.4 Å². The van der Waals surface area contributed by atoms with Crippen molar-refractivity contribution in [3.63, 3.8) is 0 Å². The van der Waals surface area contributed by atoms with Crippen LogP contribution in [0.3, 0.4) is 0 Å². The van der Waals surface area contributed by atoms with E-state index in [1.807, 2.05) is 30.3 Å². The number of fused-ring (bicyclic) bond motifs is 3. The summed E-state index contributed by atoms with van der Waals surface area (Å²) in [7, 11) is 0. The number of amidine groups is 2. The fourth-order valence-corrected chi connectivity index (χ4v) is 4.57. The summed E-state index contributed by atoms with van der Waals surface area (Å²) in [5.41, 5.74) is 2.35. The Hall–Kier alpha value is -3.00. The van der Waals surface area contributed by atoms with Crippen LogP contribution >= 0.6 is 11.8 Å². The van der Waals surface area contributed by atoms with Crippen LogP contribution in [0.4, 0.5) is 10.1 Å². The van der Waals surface area contributed by atoms with Gasteiger partial charge in [0.1, 0.15) is 17.7 Å². The summed E-state index contributed by atoms with van der Waals surface area (Å²) in [5, 5.41) is 3.40. The lowest BCUT2D eigenvalue weighted by Gasteiger charge is -2.25. The van der Waals surface area contributed by atoms with Gasteiger partial charge in [-0.3, -0.25) is 14.6 Å². The number of hydrogen-bond acceptors (Lipinski definition) is 5. The van der Waals surface area contributed by atoms with Gasteiger partial charge < -0.3 is 5.32 Å². The smallest absolute Gasteiger partial charge is 0.259 e. The Morgan fingerprint density at radius 2 is 2.06 bits per heavy atom. The van der Waals surface area contributed by atoms with Gasteiger partial charge in [0.2, 0.25) is 5.91 Å². The second-order valence-corrected chi connectivity index (χ2v) is 8.66. The minimum absolute atomic E-state index is 0.0638. The van der Waals surface area contributed by atoms with E-state index in [4.69, 9.17) is 0 Å². The lowest BCUT2D eigenvalue weighted by Crippen LogP contribution is -2.41. The highest BCUT2D eigenvalue weighted by molar-refractivity contribution is 8.13. The number of nitrogens with one attached hydrogen (secondary N) is 1. The summed E-state index contributed by atoms with van der Waals surface area (Å²) >= 11 is 1.37. The number of para-hydroxylation sites is 1. The number of nitrogens with zero attached hydrogens (tertiary/aromatic N) is 3. The second kappa shape index (κ2) is 10.1. The highest BCUT2D eigenvalue weighted by atomic mass is 32.2. The predicted octanol–water partition coefficient (Wildman–Crippen LogP) is 4.41. The van der Waals surface area contributed by atoms with Gasteiger partial charge in [0.25, 0.3) is 5.91 Å². The monoisotopic (exact) mass is 452 g/mol. The van der Waals surface area contributed by atoms with E-state index in [1.54, 1.807) is 11.0 Å². The zero-order chi connectivity index (χ0) is 22.5. The van der Waals surface area contributed by atoms with Crippen LogP contribution in [0.2, 0.25) is 0 Å². The lowest BCUT2D eigenvalue weighted by molar-refractivity contribution is -0.125. The molecule has 8 heteroatoms. The van der Waals surface area contributed by atoms with Crippen molar-refractivity contribution in [1.29, 1.82) is 0 Å². The van der Waals surface area contributed by atoms with Crippen molar-refractivity contribution in [2.24, 2.45) is 9.98 Å². The molecule has 1 atom stereocenters. The Morgan fingerprint density at radius 3 is 2.88 bits per heavy atom. The Bertz CT molecular complexity index is 1090. The van der Waals surface area contributed by atoms with E-state index in [-0.39, 0.29) is 24.1 Å². The van der Waals surface area contributed by atoms with E-state index in [2.05, 4.69) is 22.2 Å². The van der Waals surface area contributed by atoms with E-state index in [0.717, 1.165) is 29.7 Å². The van der Waals surface area contributed by atoms with Crippen molar-refractivity contribution < 1.29 is 14.0 Å². The van der Waals surface area contributed by atoms with Gasteiger partial charge in [-0.15, -0.1) is 0 Å². The average molecular weight is 453 g/mol. The molecule has 0 saturated heterocycles. The SMILES string of the molecule is CCCCNC(=O)CC[C@@H]1N=C2c3ccccc3N=C(SCc3cccc(F)c3)N2C1=O. The minimum Gasteiger partial charge on any atom is -0.356 e. The van der Waals surface area contributed by atoms with Crippen LogP contribution in [0, 0.1) is 5.82 Å². The van der Waals surface area contributed by atoms with Crippen LogP contribution in [-0.4, -0.2) is 40.3 Å². The van der Waals surface area contributed by atoms with Crippen molar-refractivity contribution in [2.75, 3.05) is 6.54 Å². The van der Waals surface area contributed by atoms with E-state index >= 15 is 0 Å². The average Bonchev–Trinajstić information content (AvgIpc) is 3.13. The molecule has 2 heterocycles. The van der Waals surface area contributed by atoms with Crippen LogP contribution in [0.15, 0.2) is 58.5 Å². The molecule has 2 aromatic carbocycles. The normalized spacial score (nSPS) is 16.9. The summed E-state index contributed by atoms with van der Waals surface area (Å²) in [6.45, 7) is 2.72. The fourth-order valence-electron chi connectivity index (χ4n) is 3.62. The molecule has 0 aliphatic carbocycles. The highest BCUT2D eigenvalue weighted by Gasteiger charge is 2.41. The van der Waals surface area contributed by atoms with Gasteiger partial charge >= 0.3 is 0 Å². The summed E-state index contributed by atoms with van der Waals surface area (Å²) < 4.78 is 13.6. The maximum Gasteiger partial charge on any atom is 0.259 e. The molecule has 0 spiro atoms. The van der Waals surface area contributed by atoms with Crippen LogP contribution < -0.4 is 5.32 Å². The molecule has 0 bridgehead atoms. The van der Waals surface area contributed by atoms with Crippen LogP contribution in [0.1, 0.15) is 43.7 Å². The topological polar surface area (TPSA) is 74.1 Å². The van der Waals surface area contributed by atoms with Gasteiger partial charge in [-0.25, -0.2) is 14.3 Å². The molecule has 0 radical (unpaired) electrons. The van der Waals surface area contributed by atoms with Crippen molar-refractivity contribution >= 4 is 40.3 Å². The van der Waals surface area contributed by atoms with Gasteiger partial charge in [-0.2, -0.15) is 0 Å². The largest absolute Gasteiger partial charge is 0.356 e. The number of benzene rings is 2. The van der Waals surface area contributed by atoms with Crippen molar-refractivity contribution in [3.05, 3.63) is 65.5 Å². The molecule has 0 aromatic heterocycles. The number of hydrogen-bond donors (Lipinski definition) is 1. The highest BCUT2D eigenvalue weighted by Crippen LogP contribution is 2.35. The first-order valence-corrected chi connectivity index (χ1v) is 11.8. The van der Waals surface area contributed by atoms with Gasteiger partial charge in [0, 0.05) is 24.3 Å². The minimum atomic E-state index is -0.618. The summed E-state index contributed by atoms with van der Waals surface area (Å²) in [6, 6.07) is 13.3. The fraction of sp³-hybridized carbons (Fsp3) is 0.333. The number of halogens is 1. The molecule has 0 saturated carbocycles. The van der Waals surface area contributed by atoms with Crippen LogP contribution in [0.5, 0.6) is 0 Å². The number of rotatable bonds is 8. The van der Waals surface area contributed by atoms with Gasteiger partial charge in [0.05, 0.1) is 5.69 Å². The predicted molar refractivity (Wildman–Crippen MR) is 126 cm³/mol. The Labute approximate surface area is 191 Å². The first-order chi connectivity index (χ1) is 15.6. The quantitative estimate of drug-likeness (QED) is 0.603. The summed E-state index contributed by atoms with van der Waals surface area (Å²) in [4.78, 5) is 36.2. The van der Waals surface area contributed by atoms with Crippen molar-refractivity contribution in [3.8, 4) is 0 Å². The zero-order valence-corrected chi connectivity index (χ0v) is 18.7. The molecule has 2 aliphatic heterocycles. The third-order valence-electron chi connectivity index (χ3n) is 5.30. The maximum atomic E-state index is 13.6. The first kappa shape index (κ1) is 22.2. The first-order valence-electron chi connectivity index (χ1n) is 10.8. The van der Waals surface area contributed by atoms with Crippen LogP contribution in [-0.2, 0) is 15.3 Å². The van der Waals surface area contributed by atoms with E-state index < -0.39 is 6.04 Å². The Morgan fingerprint density at radius 1 is 1.22 bits per heavy atom. The number of carbonyl (C=O) groups excluding carboxylic acids is 2. The number of thioether (sulfide) groups is 1. The zero-order valence-electron chi connectivity index (χ0n) is 17.9. The number of aliphatic imine (C=N–C) groups is 2. The lowest BCUT2D eigenvalue weighted by atomic mass is 10.1. The molecule has 166 valence electrons. The molecular formula is C24H25FN4O2S. The molecular weight excluding hydrogens is 427 g/mol. The van der Waals surface area contributed by atoms with Gasteiger partial charge in [-0.05, 0) is 42.7 Å². The van der Waals surface area contributed by atoms with Crippen molar-refractivity contribution in [1.82, 2.24) is 10.2 Å². The van der Waals surface area contributed by atoms with Crippen LogP contribution in [0.25, 0.3) is 0 Å². The number of amides is 2. The molecule has 0 unspecified atom stereocenters. The molecule has 6 nitrogen and oxygen atoms in total. The Balaban J connectivity index is 1.51.